The standard InChI is InChI=1S/C29H25B2N3O2/c1-3-6-26-25(17-19-9-11-20(12-10-19)24-8-5-4-7-21(24)18-32)29(35)34(28(33-26)27(30)31)22-13-15-23(36-2)16-14-22/h4-5,7-16,27H,3,6,17H2,1-2H3. The Balaban J connectivity index is 1.78. The molecule has 0 bridgehead atoms. The largest absolute Gasteiger partial charge is 0.497 e. The molecule has 0 spiro atoms. The molecular formula is C29H25B2N3O2. The number of benzene rings is 3. The van der Waals surface area contributed by atoms with Crippen LogP contribution in [0.2, 0.25) is 0 Å². The Hall–Kier alpha value is -4.04. The highest BCUT2D eigenvalue weighted by atomic mass is 16.5. The molecule has 4 aromatic rings. The predicted octanol–water partition coefficient (Wildman–Crippen LogP) is 4.66. The molecule has 4 rings (SSSR count). The molecule has 4 radical (unpaired) electrons. The van der Waals surface area contributed by atoms with E-state index in [2.05, 4.69) is 6.07 Å². The summed E-state index contributed by atoms with van der Waals surface area (Å²) in [5.74, 6) is 1.00. The molecule has 0 N–H and O–H groups in total. The molecule has 5 nitrogen and oxygen atoms in total. The van der Waals surface area contributed by atoms with Crippen LogP contribution in [0.1, 0.15) is 47.3 Å². The molecule has 7 heteroatoms. The normalized spacial score (nSPS) is 10.8. The smallest absolute Gasteiger partial charge is 0.261 e. The number of ether oxygens (including phenoxy) is 1. The fourth-order valence-electron chi connectivity index (χ4n) is 4.28. The van der Waals surface area contributed by atoms with Crippen molar-refractivity contribution in [2.24, 2.45) is 0 Å². The second-order valence-corrected chi connectivity index (χ2v) is 8.54. The van der Waals surface area contributed by atoms with Gasteiger partial charge in [0.05, 0.1) is 45.8 Å². The highest BCUT2D eigenvalue weighted by Crippen LogP contribution is 2.25. The van der Waals surface area contributed by atoms with Crippen LogP contribution in [0.15, 0.2) is 77.6 Å². The number of hydrogen-bond acceptors (Lipinski definition) is 4. The van der Waals surface area contributed by atoms with Crippen LogP contribution in [0.25, 0.3) is 16.8 Å². The maximum absolute atomic E-state index is 13.9. The van der Waals surface area contributed by atoms with E-state index in [-0.39, 0.29) is 5.56 Å². The van der Waals surface area contributed by atoms with Crippen LogP contribution in [0, 0.1) is 11.3 Å². The first-order valence-corrected chi connectivity index (χ1v) is 11.9. The summed E-state index contributed by atoms with van der Waals surface area (Å²) < 4.78 is 6.75. The minimum absolute atomic E-state index is 0.187. The first kappa shape index (κ1) is 25.1. The predicted molar refractivity (Wildman–Crippen MR) is 144 cm³/mol. The fraction of sp³-hybridized carbons (Fsp3) is 0.207. The van der Waals surface area contributed by atoms with Crippen molar-refractivity contribution in [3.05, 3.63) is 111 Å². The topological polar surface area (TPSA) is 67.9 Å². The first-order valence-electron chi connectivity index (χ1n) is 11.9. The molecule has 0 saturated carbocycles. The van der Waals surface area contributed by atoms with Crippen molar-refractivity contribution in [1.29, 1.82) is 5.26 Å². The van der Waals surface area contributed by atoms with Gasteiger partial charge in [-0.1, -0.05) is 61.5 Å². The zero-order valence-corrected chi connectivity index (χ0v) is 20.4. The molecule has 0 aliphatic rings. The second-order valence-electron chi connectivity index (χ2n) is 8.54. The van der Waals surface area contributed by atoms with Crippen molar-refractivity contribution in [3.63, 3.8) is 0 Å². The second kappa shape index (κ2) is 11.1. The third-order valence-electron chi connectivity index (χ3n) is 6.10. The average Bonchev–Trinajstić information content (AvgIpc) is 2.91. The summed E-state index contributed by atoms with van der Waals surface area (Å²) in [6.07, 6.45) is 1.88. The Morgan fingerprint density at radius 3 is 2.33 bits per heavy atom. The van der Waals surface area contributed by atoms with Crippen molar-refractivity contribution < 1.29 is 4.74 Å². The summed E-state index contributed by atoms with van der Waals surface area (Å²) in [6, 6.07) is 24.8. The van der Waals surface area contributed by atoms with Crippen LogP contribution in [0.4, 0.5) is 0 Å². The lowest BCUT2D eigenvalue weighted by Gasteiger charge is -2.20. The van der Waals surface area contributed by atoms with Gasteiger partial charge in [0.2, 0.25) is 0 Å². The highest BCUT2D eigenvalue weighted by Gasteiger charge is 2.19. The van der Waals surface area contributed by atoms with Gasteiger partial charge in [0.25, 0.3) is 5.56 Å². The number of aryl methyl sites for hydroxylation is 1. The van der Waals surface area contributed by atoms with Gasteiger partial charge in [0.1, 0.15) is 11.6 Å². The molecule has 0 aliphatic carbocycles. The van der Waals surface area contributed by atoms with Gasteiger partial charge in [-0.25, -0.2) is 4.98 Å². The van der Waals surface area contributed by atoms with E-state index in [4.69, 9.17) is 25.4 Å². The van der Waals surface area contributed by atoms with E-state index < -0.39 is 5.72 Å². The van der Waals surface area contributed by atoms with Crippen molar-refractivity contribution in [1.82, 2.24) is 9.55 Å². The molecule has 0 saturated heterocycles. The number of hydrogen-bond donors (Lipinski definition) is 0. The zero-order chi connectivity index (χ0) is 25.7. The monoisotopic (exact) mass is 469 g/mol. The Morgan fingerprint density at radius 2 is 1.72 bits per heavy atom. The van der Waals surface area contributed by atoms with Gasteiger partial charge < -0.3 is 4.74 Å². The van der Waals surface area contributed by atoms with Gasteiger partial charge in [-0.05, 0) is 53.4 Å². The molecule has 0 unspecified atom stereocenters. The Morgan fingerprint density at radius 1 is 1.03 bits per heavy atom. The molecule has 1 heterocycles. The summed E-state index contributed by atoms with van der Waals surface area (Å²) in [7, 11) is 13.7. The molecule has 3 aromatic carbocycles. The minimum atomic E-state index is -0.913. The van der Waals surface area contributed by atoms with Gasteiger partial charge in [0.15, 0.2) is 0 Å². The van der Waals surface area contributed by atoms with Gasteiger partial charge in [0, 0.05) is 12.0 Å². The van der Waals surface area contributed by atoms with Gasteiger partial charge in [-0.15, -0.1) is 0 Å². The Bertz CT molecular complexity index is 1450. The summed E-state index contributed by atoms with van der Waals surface area (Å²) in [5, 5.41) is 9.43. The lowest BCUT2D eigenvalue weighted by Crippen LogP contribution is -2.31. The quantitative estimate of drug-likeness (QED) is 0.352. The number of nitrogens with zero attached hydrogens (tertiary/aromatic N) is 3. The van der Waals surface area contributed by atoms with E-state index in [0.717, 1.165) is 23.1 Å². The van der Waals surface area contributed by atoms with E-state index in [0.29, 0.717) is 46.9 Å². The van der Waals surface area contributed by atoms with Crippen molar-refractivity contribution in [3.8, 4) is 28.6 Å². The van der Waals surface area contributed by atoms with Crippen LogP contribution < -0.4 is 10.3 Å². The molecular weight excluding hydrogens is 444 g/mol. The third kappa shape index (κ3) is 5.13. The SMILES string of the molecule is [B]C([B])c1nc(CCC)c(Cc2ccc(-c3ccccc3C#N)cc2)c(=O)n1-c1ccc(OC)cc1. The number of nitriles is 1. The van der Waals surface area contributed by atoms with E-state index >= 15 is 0 Å². The lowest BCUT2D eigenvalue weighted by molar-refractivity contribution is 0.414. The van der Waals surface area contributed by atoms with Crippen LogP contribution in [-0.2, 0) is 12.8 Å². The van der Waals surface area contributed by atoms with E-state index in [1.165, 1.54) is 4.57 Å². The van der Waals surface area contributed by atoms with Gasteiger partial charge in [-0.2, -0.15) is 5.26 Å². The van der Waals surface area contributed by atoms with Crippen molar-refractivity contribution >= 4 is 15.7 Å². The van der Waals surface area contributed by atoms with E-state index in [1.54, 1.807) is 37.4 Å². The Labute approximate surface area is 214 Å². The maximum atomic E-state index is 13.9. The maximum Gasteiger partial charge on any atom is 0.261 e. The number of methoxy groups -OCH3 is 1. The van der Waals surface area contributed by atoms with Crippen molar-refractivity contribution in [2.45, 2.75) is 31.9 Å². The van der Waals surface area contributed by atoms with Crippen LogP contribution in [0.3, 0.4) is 0 Å². The fourth-order valence-corrected chi connectivity index (χ4v) is 4.28. The lowest BCUT2D eigenvalue weighted by atomic mass is 9.70. The van der Waals surface area contributed by atoms with Crippen LogP contribution >= 0.6 is 0 Å². The highest BCUT2D eigenvalue weighted by molar-refractivity contribution is 6.35. The summed E-state index contributed by atoms with van der Waals surface area (Å²) >= 11 is 0. The first-order chi connectivity index (χ1) is 17.5. The Kier molecular flexibility index (Phi) is 7.75. The molecule has 0 aliphatic heterocycles. The van der Waals surface area contributed by atoms with Crippen LogP contribution in [0.5, 0.6) is 5.75 Å². The van der Waals surface area contributed by atoms with E-state index in [9.17, 15) is 10.1 Å². The van der Waals surface area contributed by atoms with Crippen LogP contribution in [-0.4, -0.2) is 32.4 Å². The van der Waals surface area contributed by atoms with E-state index in [1.807, 2.05) is 49.4 Å². The third-order valence-corrected chi connectivity index (χ3v) is 6.10. The zero-order valence-electron chi connectivity index (χ0n) is 20.4. The molecule has 174 valence electrons. The molecule has 0 fully saturated rings. The molecule has 0 amide bonds. The van der Waals surface area contributed by atoms with Gasteiger partial charge >= 0.3 is 0 Å². The molecule has 1 aromatic heterocycles. The molecule has 36 heavy (non-hydrogen) atoms. The minimum Gasteiger partial charge on any atom is -0.497 e. The summed E-state index contributed by atoms with van der Waals surface area (Å²) in [5.41, 5.74) is 4.26. The van der Waals surface area contributed by atoms with Crippen molar-refractivity contribution in [2.75, 3.05) is 7.11 Å². The number of aromatic nitrogens is 2. The van der Waals surface area contributed by atoms with Gasteiger partial charge in [-0.3, -0.25) is 9.36 Å². The summed E-state index contributed by atoms with van der Waals surface area (Å²) in [6.45, 7) is 2.05. The number of rotatable bonds is 8. The average molecular weight is 469 g/mol. The molecule has 0 atom stereocenters. The summed E-state index contributed by atoms with van der Waals surface area (Å²) in [4.78, 5) is 18.6.